The molecule has 0 aliphatic carbocycles. The number of benzene rings is 1. The van der Waals surface area contributed by atoms with Crippen molar-refractivity contribution in [3.63, 3.8) is 0 Å². The highest BCUT2D eigenvalue weighted by Crippen LogP contribution is 2.18. The number of rotatable bonds is 10. The maximum atomic E-state index is 12.2. The predicted octanol–water partition coefficient (Wildman–Crippen LogP) is 1.10. The number of aromatic nitrogens is 1. The van der Waals surface area contributed by atoms with E-state index in [-0.39, 0.29) is 17.8 Å². The van der Waals surface area contributed by atoms with Crippen LogP contribution in [0.15, 0.2) is 58.4 Å². The van der Waals surface area contributed by atoms with Crippen LogP contribution < -0.4 is 31.5 Å². The number of carboxylic acids is 1. The van der Waals surface area contributed by atoms with Crippen molar-refractivity contribution in [2.45, 2.75) is 25.8 Å². The molecule has 0 unspecified atom stereocenters. The second kappa shape index (κ2) is 9.73. The van der Waals surface area contributed by atoms with Crippen molar-refractivity contribution in [1.82, 2.24) is 0 Å². The first-order valence-electron chi connectivity index (χ1n) is 9.95. The Morgan fingerprint density at radius 3 is 2.25 bits per heavy atom. The van der Waals surface area contributed by atoms with E-state index in [2.05, 4.69) is 16.0 Å². The lowest BCUT2D eigenvalue weighted by molar-refractivity contribution is -0.605. The number of amides is 1. The minimum absolute atomic E-state index is 0.0120. The Balaban J connectivity index is 1.66. The van der Waals surface area contributed by atoms with E-state index in [4.69, 9.17) is 0 Å². The molecule has 0 fully saturated rings. The molecule has 4 N–H and O–H groups in total. The number of carbonyl (C=O) groups excluding carboxylic acids is 1. The van der Waals surface area contributed by atoms with Crippen LogP contribution >= 0.6 is 0 Å². The third kappa shape index (κ3) is 5.09. The van der Waals surface area contributed by atoms with Crippen molar-refractivity contribution in [2.24, 2.45) is 0 Å². The van der Waals surface area contributed by atoms with Crippen molar-refractivity contribution in [3.05, 3.63) is 85.6 Å². The minimum Gasteiger partial charge on any atom is -0.619 e. The van der Waals surface area contributed by atoms with Gasteiger partial charge in [-0.15, -0.1) is 0 Å². The quantitative estimate of drug-likeness (QED) is 0.209. The van der Waals surface area contributed by atoms with Gasteiger partial charge in [0.05, 0.1) is 5.56 Å². The molecule has 0 saturated heterocycles. The van der Waals surface area contributed by atoms with Gasteiger partial charge in [0.1, 0.15) is 17.4 Å². The van der Waals surface area contributed by atoms with Gasteiger partial charge in [0, 0.05) is 30.8 Å². The van der Waals surface area contributed by atoms with Crippen molar-refractivity contribution >= 4 is 28.9 Å². The zero-order chi connectivity index (χ0) is 23.3. The molecule has 0 aliphatic rings. The van der Waals surface area contributed by atoms with E-state index in [1.807, 2.05) is 6.92 Å². The minimum atomic E-state index is -1.17. The Bertz CT molecular complexity index is 1180. The van der Waals surface area contributed by atoms with E-state index in [1.54, 1.807) is 24.3 Å². The van der Waals surface area contributed by atoms with Gasteiger partial charge in [-0.3, -0.25) is 14.4 Å². The lowest BCUT2D eigenvalue weighted by Crippen LogP contribution is -2.42. The van der Waals surface area contributed by atoms with Crippen molar-refractivity contribution in [3.8, 4) is 0 Å². The Kier molecular flexibility index (Phi) is 6.83. The zero-order valence-electron chi connectivity index (χ0n) is 17.3. The lowest BCUT2D eigenvalue weighted by atomic mass is 10.0. The van der Waals surface area contributed by atoms with Gasteiger partial charge in [-0.25, -0.2) is 4.79 Å². The number of aliphatic carboxylic acids is 1. The Morgan fingerprint density at radius 2 is 1.66 bits per heavy atom. The molecule has 1 atom stereocenters. The van der Waals surface area contributed by atoms with Gasteiger partial charge in [0.25, 0.3) is 16.8 Å². The molecule has 10 nitrogen and oxygen atoms in total. The van der Waals surface area contributed by atoms with Crippen LogP contribution in [0.25, 0.3) is 0 Å². The first-order chi connectivity index (χ1) is 15.3. The van der Waals surface area contributed by atoms with Crippen molar-refractivity contribution < 1.29 is 19.4 Å². The van der Waals surface area contributed by atoms with Crippen LogP contribution in [0.2, 0.25) is 0 Å². The molecular weight excluding hydrogens is 416 g/mol. The van der Waals surface area contributed by atoms with E-state index in [9.17, 15) is 29.5 Å². The summed E-state index contributed by atoms with van der Waals surface area (Å²) in [5.74, 6) is -1.56. The summed E-state index contributed by atoms with van der Waals surface area (Å²) in [7, 11) is 0. The molecule has 10 heteroatoms. The predicted molar refractivity (Wildman–Crippen MR) is 119 cm³/mol. The normalized spacial score (nSPS) is 11.7. The average Bonchev–Trinajstić information content (AvgIpc) is 2.78. The van der Waals surface area contributed by atoms with E-state index in [0.717, 1.165) is 6.42 Å². The summed E-state index contributed by atoms with van der Waals surface area (Å²) in [5, 5.41) is 28.8. The Hall–Kier alpha value is -4.21. The number of carboxylic acid groups (broad SMARTS) is 1. The van der Waals surface area contributed by atoms with Gasteiger partial charge in [0.2, 0.25) is 0 Å². The molecule has 32 heavy (non-hydrogen) atoms. The number of nitrogens with zero attached hydrogens (tertiary/aromatic N) is 1. The van der Waals surface area contributed by atoms with Crippen LogP contribution in [0, 0.1) is 5.21 Å². The van der Waals surface area contributed by atoms with E-state index >= 15 is 0 Å². The maximum Gasteiger partial charge on any atom is 0.326 e. The van der Waals surface area contributed by atoms with Crippen LogP contribution in [-0.4, -0.2) is 29.6 Å². The maximum absolute atomic E-state index is 12.2. The van der Waals surface area contributed by atoms with Crippen LogP contribution in [0.5, 0.6) is 0 Å². The molecule has 3 aromatic rings. The molecular formula is C22H22N4O6. The third-order valence-electron chi connectivity index (χ3n) is 4.79. The Morgan fingerprint density at radius 1 is 1.03 bits per heavy atom. The van der Waals surface area contributed by atoms with Gasteiger partial charge in [-0.1, -0.05) is 19.1 Å². The summed E-state index contributed by atoms with van der Waals surface area (Å²) < 4.78 is 0.574. The summed E-state index contributed by atoms with van der Waals surface area (Å²) in [6.07, 6.45) is 3.23. The number of hydrogen-bond acceptors (Lipinski definition) is 7. The largest absolute Gasteiger partial charge is 0.619 e. The molecule has 0 spiro atoms. The summed E-state index contributed by atoms with van der Waals surface area (Å²) in [6, 6.07) is 8.21. The fourth-order valence-electron chi connectivity index (χ4n) is 3.05. The van der Waals surface area contributed by atoms with Crippen LogP contribution in [-0.2, 0) is 11.2 Å². The van der Waals surface area contributed by atoms with Gasteiger partial charge in [-0.05, 0) is 24.1 Å². The van der Waals surface area contributed by atoms with E-state index in [0.29, 0.717) is 28.1 Å². The van der Waals surface area contributed by atoms with Crippen molar-refractivity contribution in [1.29, 1.82) is 0 Å². The number of carbonyl (C=O) groups is 2. The second-order valence-electron chi connectivity index (χ2n) is 7.17. The number of nitrogens with one attached hydrogen (secondary N) is 3. The standard InChI is InChI=1S/C22H22N4O6/c1-2-9-23-17-18(20(28)19(17)27)25-16(22(30)31)12-13-3-5-15(6-4-13)24-21(29)14-7-10-26(32)11-8-14/h3-8,10-11,16,23,25H,2,9,12H2,1H3,(H,24,29)(H,30,31)/t16-/m0/s1. The highest BCUT2D eigenvalue weighted by Gasteiger charge is 2.26. The molecule has 1 heterocycles. The topological polar surface area (TPSA) is 152 Å². The molecule has 0 radical (unpaired) electrons. The molecule has 0 saturated carbocycles. The monoisotopic (exact) mass is 438 g/mol. The van der Waals surface area contributed by atoms with Crippen molar-refractivity contribution in [2.75, 3.05) is 22.5 Å². The van der Waals surface area contributed by atoms with E-state index in [1.165, 1.54) is 24.5 Å². The fraction of sp³-hybridized carbons (Fsp3) is 0.227. The molecule has 2 aromatic carbocycles. The van der Waals surface area contributed by atoms with E-state index < -0.39 is 28.8 Å². The lowest BCUT2D eigenvalue weighted by Gasteiger charge is -2.20. The highest BCUT2D eigenvalue weighted by atomic mass is 16.5. The van der Waals surface area contributed by atoms with Gasteiger partial charge >= 0.3 is 5.97 Å². The first-order valence-corrected chi connectivity index (χ1v) is 9.95. The second-order valence-corrected chi connectivity index (χ2v) is 7.17. The Labute approximate surface area is 182 Å². The first kappa shape index (κ1) is 22.5. The molecule has 1 aromatic heterocycles. The summed E-state index contributed by atoms with van der Waals surface area (Å²) in [4.78, 5) is 47.5. The molecule has 1 amide bonds. The zero-order valence-corrected chi connectivity index (χ0v) is 17.3. The molecule has 3 rings (SSSR count). The summed E-state index contributed by atoms with van der Waals surface area (Å²) >= 11 is 0. The van der Waals surface area contributed by atoms with Gasteiger partial charge in [0.15, 0.2) is 12.4 Å². The molecule has 166 valence electrons. The summed E-state index contributed by atoms with van der Waals surface area (Å²) in [5.41, 5.74) is 0.163. The highest BCUT2D eigenvalue weighted by molar-refractivity contribution is 6.04. The summed E-state index contributed by atoms with van der Waals surface area (Å²) in [6.45, 7) is 2.39. The average molecular weight is 438 g/mol. The molecule has 0 bridgehead atoms. The third-order valence-corrected chi connectivity index (χ3v) is 4.79. The van der Waals surface area contributed by atoms with Gasteiger partial charge < -0.3 is 26.3 Å². The van der Waals surface area contributed by atoms with Gasteiger partial charge in [-0.2, -0.15) is 4.73 Å². The SMILES string of the molecule is CCCNc1c(N[C@@H](Cc2ccc(NC(=O)c3cc[n+]([O-])cc3)cc2)C(=O)O)c(=O)c1=O. The van der Waals surface area contributed by atoms with Crippen LogP contribution in [0.1, 0.15) is 29.3 Å². The van der Waals surface area contributed by atoms with Crippen LogP contribution in [0.3, 0.4) is 0 Å². The number of hydrogen-bond donors (Lipinski definition) is 4. The number of pyridine rings is 1. The molecule has 0 aliphatic heterocycles. The number of anilines is 3. The van der Waals surface area contributed by atoms with Crippen LogP contribution in [0.4, 0.5) is 17.1 Å². The smallest absolute Gasteiger partial charge is 0.326 e. The fourth-order valence-corrected chi connectivity index (χ4v) is 3.05.